The van der Waals surface area contributed by atoms with Gasteiger partial charge in [-0.25, -0.2) is 4.98 Å². The number of aromatic nitrogens is 2. The lowest BCUT2D eigenvalue weighted by Gasteiger charge is -1.98. The van der Waals surface area contributed by atoms with Crippen LogP contribution in [0.2, 0.25) is 0 Å². The van der Waals surface area contributed by atoms with E-state index < -0.39 is 0 Å². The van der Waals surface area contributed by atoms with Gasteiger partial charge in [-0.2, -0.15) is 0 Å². The number of hydrogen-bond acceptors (Lipinski definition) is 2. The average molecular weight is 176 g/mol. The minimum atomic E-state index is 0.952. The van der Waals surface area contributed by atoms with E-state index in [4.69, 9.17) is 0 Å². The molecule has 60 valence electrons. The van der Waals surface area contributed by atoms with Crippen LogP contribution in [0, 0.1) is 6.92 Å². The molecule has 0 N–H and O–H groups in total. The van der Waals surface area contributed by atoms with Gasteiger partial charge in [-0.15, -0.1) is 0 Å². The van der Waals surface area contributed by atoms with Crippen LogP contribution < -0.4 is 5.44 Å². The van der Waals surface area contributed by atoms with E-state index >= 15 is 0 Å². The second kappa shape index (κ2) is 2.80. The van der Waals surface area contributed by atoms with E-state index in [1.165, 1.54) is 0 Å². The van der Waals surface area contributed by atoms with E-state index in [0.29, 0.717) is 0 Å². The molecule has 0 aliphatic carbocycles. The summed E-state index contributed by atoms with van der Waals surface area (Å²) >= 11 is 0. The maximum absolute atomic E-state index is 4.34. The Labute approximate surface area is 73.2 Å². The second-order valence-corrected chi connectivity index (χ2v) is 3.32. The first-order valence-corrected chi connectivity index (χ1v) is 4.33. The summed E-state index contributed by atoms with van der Waals surface area (Å²) < 4.78 is 0. The Morgan fingerprint density at radius 2 is 1.67 bits per heavy atom. The van der Waals surface area contributed by atoms with Crippen LogP contribution in [0.15, 0.2) is 24.3 Å². The van der Waals surface area contributed by atoms with Gasteiger partial charge in [-0.05, 0) is 31.2 Å². The highest BCUT2D eigenvalue weighted by Gasteiger charge is 1.95. The fraction of sp³-hybridized carbons (Fsp3) is 0.111. The maximum atomic E-state index is 4.34. The lowest BCUT2D eigenvalue weighted by Crippen LogP contribution is -1.97. The van der Waals surface area contributed by atoms with Gasteiger partial charge in [-0.1, -0.05) is 9.24 Å². The molecule has 0 saturated carbocycles. The third-order valence-corrected chi connectivity index (χ3v) is 2.02. The Balaban J connectivity index is 2.79. The first-order valence-electron chi connectivity index (χ1n) is 3.75. The van der Waals surface area contributed by atoms with E-state index in [9.17, 15) is 0 Å². The van der Waals surface area contributed by atoms with Crippen LogP contribution in [-0.2, 0) is 0 Å². The molecule has 0 aliphatic heterocycles. The Hall–Kier alpha value is -1.01. The number of rotatable bonds is 0. The van der Waals surface area contributed by atoms with Crippen LogP contribution in [0.3, 0.4) is 0 Å². The zero-order valence-electron chi connectivity index (χ0n) is 6.78. The zero-order chi connectivity index (χ0) is 8.55. The predicted octanol–water partition coefficient (Wildman–Crippen LogP) is 1.44. The number of nitrogens with zero attached hydrogens (tertiary/aromatic N) is 2. The van der Waals surface area contributed by atoms with Crippen molar-refractivity contribution >= 4 is 25.7 Å². The highest BCUT2D eigenvalue weighted by Crippen LogP contribution is 2.07. The minimum Gasteiger partial charge on any atom is -0.251 e. The maximum Gasteiger partial charge on any atom is 0.0894 e. The smallest absolute Gasteiger partial charge is 0.0894 e. The van der Waals surface area contributed by atoms with E-state index in [-0.39, 0.29) is 0 Å². The van der Waals surface area contributed by atoms with Crippen LogP contribution in [-0.4, -0.2) is 9.97 Å². The molecule has 0 fully saturated rings. The van der Waals surface area contributed by atoms with E-state index in [0.717, 1.165) is 22.2 Å². The van der Waals surface area contributed by atoms with E-state index in [1.807, 2.05) is 31.2 Å². The molecule has 0 aromatic carbocycles. The van der Waals surface area contributed by atoms with Crippen molar-refractivity contribution in [1.82, 2.24) is 9.97 Å². The molecular weight excluding hydrogens is 167 g/mol. The summed E-state index contributed by atoms with van der Waals surface area (Å²) in [6.45, 7) is 1.98. The van der Waals surface area contributed by atoms with Gasteiger partial charge in [0.25, 0.3) is 0 Å². The van der Waals surface area contributed by atoms with E-state index in [1.54, 1.807) is 0 Å². The second-order valence-electron chi connectivity index (χ2n) is 2.73. The van der Waals surface area contributed by atoms with Gasteiger partial charge in [-0.3, -0.25) is 4.98 Å². The lowest BCUT2D eigenvalue weighted by atomic mass is 10.3. The minimum absolute atomic E-state index is 0.952. The van der Waals surface area contributed by atoms with Crippen molar-refractivity contribution in [2.75, 3.05) is 0 Å². The lowest BCUT2D eigenvalue weighted by molar-refractivity contribution is 1.24. The first kappa shape index (κ1) is 7.63. The molecule has 1 atom stereocenters. The van der Waals surface area contributed by atoms with Crippen molar-refractivity contribution in [3.8, 4) is 0 Å². The molecule has 2 aromatic heterocycles. The van der Waals surface area contributed by atoms with Crippen molar-refractivity contribution in [2.45, 2.75) is 6.92 Å². The Morgan fingerprint density at radius 3 is 2.50 bits per heavy atom. The van der Waals surface area contributed by atoms with Crippen LogP contribution in [0.1, 0.15) is 5.69 Å². The summed E-state index contributed by atoms with van der Waals surface area (Å²) in [5.41, 5.74) is 3.89. The fourth-order valence-corrected chi connectivity index (χ4v) is 1.36. The van der Waals surface area contributed by atoms with Crippen molar-refractivity contribution in [3.63, 3.8) is 0 Å². The molecule has 2 rings (SSSR count). The summed E-state index contributed by atoms with van der Waals surface area (Å²) in [5.74, 6) is 0. The molecule has 3 heteroatoms. The van der Waals surface area contributed by atoms with Crippen LogP contribution >= 0.6 is 9.24 Å². The monoisotopic (exact) mass is 176 g/mol. The van der Waals surface area contributed by atoms with Gasteiger partial charge in [0.2, 0.25) is 0 Å². The summed E-state index contributed by atoms with van der Waals surface area (Å²) in [6.07, 6.45) is 0. The molecule has 2 aromatic rings. The Bertz CT molecular complexity index is 385. The molecule has 2 heterocycles. The molecule has 0 spiro atoms. The molecule has 0 saturated heterocycles. The largest absolute Gasteiger partial charge is 0.251 e. The normalized spacial score (nSPS) is 10.5. The standard InChI is InChI=1S/C9H9N2P/c1-6-2-3-8-7(10-6)4-5-9(12)11-8/h2-5H,12H2,1H3. The number of fused-ring (bicyclic) bond motifs is 1. The third kappa shape index (κ3) is 1.30. The Kier molecular flexibility index (Phi) is 1.78. The summed E-state index contributed by atoms with van der Waals surface area (Å²) in [4.78, 5) is 8.66. The molecule has 0 radical (unpaired) electrons. The SMILES string of the molecule is Cc1ccc2nc(P)ccc2n1. The molecule has 1 unspecified atom stereocenters. The van der Waals surface area contributed by atoms with Crippen LogP contribution in [0.5, 0.6) is 0 Å². The average Bonchev–Trinajstić information content (AvgIpc) is 2.05. The summed E-state index contributed by atoms with van der Waals surface area (Å²) in [5, 5.41) is 0. The van der Waals surface area contributed by atoms with Gasteiger partial charge in [0.1, 0.15) is 0 Å². The van der Waals surface area contributed by atoms with Gasteiger partial charge >= 0.3 is 0 Å². The summed E-state index contributed by atoms with van der Waals surface area (Å²) in [7, 11) is 2.58. The van der Waals surface area contributed by atoms with Crippen molar-refractivity contribution in [3.05, 3.63) is 30.0 Å². The van der Waals surface area contributed by atoms with Crippen molar-refractivity contribution in [2.24, 2.45) is 0 Å². The van der Waals surface area contributed by atoms with Crippen molar-refractivity contribution in [1.29, 1.82) is 0 Å². The number of aryl methyl sites for hydroxylation is 1. The fourth-order valence-electron chi connectivity index (χ4n) is 1.13. The topological polar surface area (TPSA) is 25.8 Å². The molecule has 0 bridgehead atoms. The van der Waals surface area contributed by atoms with Gasteiger partial charge in [0, 0.05) is 5.69 Å². The highest BCUT2D eigenvalue weighted by atomic mass is 31.0. The van der Waals surface area contributed by atoms with Gasteiger partial charge < -0.3 is 0 Å². The third-order valence-electron chi connectivity index (χ3n) is 1.70. The zero-order valence-corrected chi connectivity index (χ0v) is 7.94. The first-order chi connectivity index (χ1) is 5.75. The molecule has 2 nitrogen and oxygen atoms in total. The molecule has 12 heavy (non-hydrogen) atoms. The van der Waals surface area contributed by atoms with E-state index in [2.05, 4.69) is 19.2 Å². The van der Waals surface area contributed by atoms with Crippen molar-refractivity contribution < 1.29 is 0 Å². The quantitative estimate of drug-likeness (QED) is 0.567. The number of hydrogen-bond donors (Lipinski definition) is 0. The summed E-state index contributed by atoms with van der Waals surface area (Å²) in [6, 6.07) is 7.89. The highest BCUT2D eigenvalue weighted by molar-refractivity contribution is 7.26. The predicted molar refractivity (Wildman–Crippen MR) is 53.6 cm³/mol. The number of pyridine rings is 2. The molecular formula is C9H9N2P. The van der Waals surface area contributed by atoms with Crippen LogP contribution in [0.25, 0.3) is 11.0 Å². The molecule has 0 amide bonds. The van der Waals surface area contributed by atoms with Gasteiger partial charge in [0.15, 0.2) is 0 Å². The van der Waals surface area contributed by atoms with Crippen LogP contribution in [0.4, 0.5) is 0 Å². The molecule has 0 aliphatic rings. The van der Waals surface area contributed by atoms with Gasteiger partial charge in [0.05, 0.1) is 16.5 Å². The Morgan fingerprint density at radius 1 is 1.00 bits per heavy atom.